The van der Waals surface area contributed by atoms with Crippen LogP contribution in [-0.4, -0.2) is 0 Å². The van der Waals surface area contributed by atoms with Gasteiger partial charge < -0.3 is 0 Å². The fraction of sp³-hybridized carbons (Fsp3) is 0.417. The monoisotopic (exact) mass is 191 g/mol. The Balaban J connectivity index is 3.05. The van der Waals surface area contributed by atoms with E-state index in [1.54, 1.807) is 6.07 Å². The molecule has 1 aromatic rings. The normalized spacial score (nSPS) is 11.1. The van der Waals surface area contributed by atoms with E-state index in [-0.39, 0.29) is 11.2 Å². The van der Waals surface area contributed by atoms with Gasteiger partial charge in [-0.05, 0) is 29.5 Å². The van der Waals surface area contributed by atoms with Crippen molar-refractivity contribution in [2.75, 3.05) is 0 Å². The van der Waals surface area contributed by atoms with Gasteiger partial charge in [0, 0.05) is 0 Å². The van der Waals surface area contributed by atoms with Crippen LogP contribution < -0.4 is 0 Å². The van der Waals surface area contributed by atoms with E-state index in [9.17, 15) is 4.39 Å². The van der Waals surface area contributed by atoms with Crippen LogP contribution in [0, 0.1) is 17.8 Å². The molecule has 0 radical (unpaired) electrons. The number of halogens is 1. The Hall–Kier alpha value is -1.36. The smallest absolute Gasteiger partial charge is 0.193 e. The predicted octanol–water partition coefficient (Wildman–Crippen LogP) is 3.97. The molecule has 0 atom stereocenters. The molecule has 0 heterocycles. The summed E-state index contributed by atoms with van der Waals surface area (Å²) in [5.74, 6) is -0.339. The van der Waals surface area contributed by atoms with Crippen LogP contribution in [0.4, 0.5) is 10.1 Å². The lowest BCUT2D eigenvalue weighted by molar-refractivity contribution is 0.411. The molecule has 1 aromatic carbocycles. The summed E-state index contributed by atoms with van der Waals surface area (Å²) >= 11 is 0. The molecule has 1 rings (SSSR count). The molecule has 0 bridgehead atoms. The Morgan fingerprint density at radius 1 is 1.36 bits per heavy atom. The Morgan fingerprint density at radius 2 is 2.00 bits per heavy atom. The molecule has 0 N–H and O–H groups in total. The Kier molecular flexibility index (Phi) is 2.90. The summed E-state index contributed by atoms with van der Waals surface area (Å²) in [5, 5.41) is 0. The second kappa shape index (κ2) is 3.79. The van der Waals surface area contributed by atoms with Crippen molar-refractivity contribution in [1.82, 2.24) is 0 Å². The first-order chi connectivity index (χ1) is 6.42. The first-order valence-electron chi connectivity index (χ1n) is 4.58. The highest BCUT2D eigenvalue weighted by Crippen LogP contribution is 2.28. The highest BCUT2D eigenvalue weighted by Gasteiger charge is 2.14. The highest BCUT2D eigenvalue weighted by molar-refractivity contribution is 5.52. The molecular weight excluding hydrogens is 177 g/mol. The van der Waals surface area contributed by atoms with Crippen LogP contribution in [0.2, 0.25) is 0 Å². The van der Waals surface area contributed by atoms with Crippen LogP contribution in [0.25, 0.3) is 4.85 Å². The van der Waals surface area contributed by atoms with E-state index in [0.29, 0.717) is 5.69 Å². The van der Waals surface area contributed by atoms with Gasteiger partial charge in [0.15, 0.2) is 5.69 Å². The van der Waals surface area contributed by atoms with Gasteiger partial charge in [0.1, 0.15) is 5.82 Å². The van der Waals surface area contributed by atoms with Crippen LogP contribution in [0.5, 0.6) is 0 Å². The van der Waals surface area contributed by atoms with Crippen LogP contribution in [0.1, 0.15) is 26.3 Å². The largest absolute Gasteiger partial charge is 0.238 e. The summed E-state index contributed by atoms with van der Waals surface area (Å²) in [6.07, 6.45) is 0.797. The van der Waals surface area contributed by atoms with E-state index in [1.165, 1.54) is 12.1 Å². The van der Waals surface area contributed by atoms with Gasteiger partial charge in [0.05, 0.1) is 6.57 Å². The number of hydrogen-bond acceptors (Lipinski definition) is 0. The summed E-state index contributed by atoms with van der Waals surface area (Å²) < 4.78 is 12.8. The average Bonchev–Trinajstić information content (AvgIpc) is 2.06. The molecule has 2 heteroatoms. The number of benzene rings is 1. The summed E-state index contributed by atoms with van der Waals surface area (Å²) in [6.45, 7) is 13.3. The molecule has 0 saturated heterocycles. The summed E-state index contributed by atoms with van der Waals surface area (Å²) in [4.78, 5) is 3.33. The van der Waals surface area contributed by atoms with Crippen molar-refractivity contribution in [3.05, 3.63) is 41.0 Å². The molecule has 14 heavy (non-hydrogen) atoms. The van der Waals surface area contributed by atoms with Crippen molar-refractivity contribution >= 4 is 5.69 Å². The lowest BCUT2D eigenvalue weighted by Gasteiger charge is -2.18. The van der Waals surface area contributed by atoms with Gasteiger partial charge in [-0.1, -0.05) is 26.8 Å². The third-order valence-electron chi connectivity index (χ3n) is 1.89. The Labute approximate surface area is 84.4 Å². The molecule has 0 amide bonds. The lowest BCUT2D eigenvalue weighted by Crippen LogP contribution is -2.09. The minimum absolute atomic E-state index is 0.122. The second-order valence-corrected chi connectivity index (χ2v) is 4.62. The van der Waals surface area contributed by atoms with Crippen molar-refractivity contribution in [1.29, 1.82) is 0 Å². The number of hydrogen-bond donors (Lipinski definition) is 0. The molecule has 0 unspecified atom stereocenters. The van der Waals surface area contributed by atoms with Crippen molar-refractivity contribution in [2.24, 2.45) is 5.41 Å². The van der Waals surface area contributed by atoms with Gasteiger partial charge in [-0.2, -0.15) is 0 Å². The first-order valence-corrected chi connectivity index (χ1v) is 4.58. The van der Waals surface area contributed by atoms with E-state index in [4.69, 9.17) is 6.57 Å². The molecule has 1 nitrogen and oxygen atoms in total. The molecule has 0 saturated carbocycles. The second-order valence-electron chi connectivity index (χ2n) is 4.62. The van der Waals surface area contributed by atoms with Crippen LogP contribution >= 0.6 is 0 Å². The molecule has 0 aliphatic carbocycles. The zero-order valence-electron chi connectivity index (χ0n) is 8.76. The quantitative estimate of drug-likeness (QED) is 0.592. The van der Waals surface area contributed by atoms with Crippen molar-refractivity contribution in [2.45, 2.75) is 27.2 Å². The van der Waals surface area contributed by atoms with Crippen molar-refractivity contribution < 1.29 is 4.39 Å². The maximum atomic E-state index is 12.8. The Morgan fingerprint density at radius 3 is 2.50 bits per heavy atom. The van der Waals surface area contributed by atoms with Crippen LogP contribution in [-0.2, 0) is 6.42 Å². The zero-order valence-corrected chi connectivity index (χ0v) is 8.76. The van der Waals surface area contributed by atoms with E-state index < -0.39 is 0 Å². The van der Waals surface area contributed by atoms with Gasteiger partial charge in [-0.3, -0.25) is 0 Å². The Bertz CT molecular complexity index is 369. The summed E-state index contributed by atoms with van der Waals surface area (Å²) in [7, 11) is 0. The van der Waals surface area contributed by atoms with Crippen LogP contribution in [0.3, 0.4) is 0 Å². The summed E-state index contributed by atoms with van der Waals surface area (Å²) in [5.41, 5.74) is 1.48. The fourth-order valence-electron chi connectivity index (χ4n) is 1.36. The molecule has 0 spiro atoms. The fourth-order valence-corrected chi connectivity index (χ4v) is 1.36. The van der Waals surface area contributed by atoms with E-state index in [1.807, 2.05) is 0 Å². The maximum Gasteiger partial charge on any atom is 0.193 e. The molecule has 0 aliphatic rings. The van der Waals surface area contributed by atoms with Crippen molar-refractivity contribution in [3.63, 3.8) is 0 Å². The van der Waals surface area contributed by atoms with Crippen molar-refractivity contribution in [3.8, 4) is 0 Å². The SMILES string of the molecule is [C-]#[N+]c1cc(F)ccc1CC(C)(C)C. The van der Waals surface area contributed by atoms with E-state index >= 15 is 0 Å². The zero-order chi connectivity index (χ0) is 10.8. The molecule has 74 valence electrons. The van der Waals surface area contributed by atoms with Gasteiger partial charge in [-0.25, -0.2) is 9.24 Å². The van der Waals surface area contributed by atoms with E-state index in [0.717, 1.165) is 12.0 Å². The third kappa shape index (κ3) is 2.85. The highest BCUT2D eigenvalue weighted by atomic mass is 19.1. The van der Waals surface area contributed by atoms with Gasteiger partial charge in [0.2, 0.25) is 0 Å². The molecule has 0 aliphatic heterocycles. The van der Waals surface area contributed by atoms with Gasteiger partial charge in [-0.15, -0.1) is 0 Å². The van der Waals surface area contributed by atoms with Gasteiger partial charge in [0.25, 0.3) is 0 Å². The molecule has 0 aromatic heterocycles. The number of rotatable bonds is 1. The molecular formula is C12H14FN. The van der Waals surface area contributed by atoms with Gasteiger partial charge >= 0.3 is 0 Å². The molecule has 0 fully saturated rings. The number of nitrogens with zero attached hydrogens (tertiary/aromatic N) is 1. The maximum absolute atomic E-state index is 12.8. The predicted molar refractivity (Wildman–Crippen MR) is 55.8 cm³/mol. The minimum Gasteiger partial charge on any atom is -0.238 e. The summed E-state index contributed by atoms with van der Waals surface area (Å²) in [6, 6.07) is 4.41. The standard InChI is InChI=1S/C12H14FN/c1-12(2,3)8-9-5-6-10(13)7-11(9)14-4/h5-7H,8H2,1-3H3. The topological polar surface area (TPSA) is 4.36 Å². The first kappa shape index (κ1) is 10.7. The lowest BCUT2D eigenvalue weighted by atomic mass is 9.87. The van der Waals surface area contributed by atoms with E-state index in [2.05, 4.69) is 25.6 Å². The average molecular weight is 191 g/mol. The van der Waals surface area contributed by atoms with Crippen LogP contribution in [0.15, 0.2) is 18.2 Å². The third-order valence-corrected chi connectivity index (χ3v) is 1.89. The minimum atomic E-state index is -0.339.